The highest BCUT2D eigenvalue weighted by Crippen LogP contribution is 2.29. The largest absolute Gasteiger partial charge is 0.444 e. The molecule has 0 radical (unpaired) electrons. The van der Waals surface area contributed by atoms with Gasteiger partial charge in [0.2, 0.25) is 5.91 Å². The van der Waals surface area contributed by atoms with Crippen LogP contribution in [0.15, 0.2) is 55.2 Å². The van der Waals surface area contributed by atoms with Crippen LogP contribution >= 0.6 is 0 Å². The first kappa shape index (κ1) is 18.6. The number of benzene rings is 1. The SMILES string of the molecule is NC(=O)CC[C@H]1CN(c2ccc(-c3ccc(-n4ccnc4)nc3)c(F)c2)C(=O)O1. The van der Waals surface area contributed by atoms with Gasteiger partial charge in [-0.15, -0.1) is 0 Å². The van der Waals surface area contributed by atoms with Gasteiger partial charge in [-0.05, 0) is 36.8 Å². The molecule has 2 N–H and O–H groups in total. The number of carbonyl (C=O) groups excluding carboxylic acids is 2. The lowest BCUT2D eigenvalue weighted by Crippen LogP contribution is -2.25. The van der Waals surface area contributed by atoms with Gasteiger partial charge in [0.1, 0.15) is 24.1 Å². The molecule has 29 heavy (non-hydrogen) atoms. The number of halogens is 1. The summed E-state index contributed by atoms with van der Waals surface area (Å²) < 4.78 is 21.7. The van der Waals surface area contributed by atoms with E-state index in [0.29, 0.717) is 29.1 Å². The van der Waals surface area contributed by atoms with Crippen molar-refractivity contribution in [3.05, 3.63) is 61.1 Å². The summed E-state index contributed by atoms with van der Waals surface area (Å²) in [5, 5.41) is 0. The lowest BCUT2D eigenvalue weighted by Gasteiger charge is -2.14. The Labute approximate surface area is 165 Å². The van der Waals surface area contributed by atoms with Crippen molar-refractivity contribution in [2.75, 3.05) is 11.4 Å². The molecular weight excluding hydrogens is 377 g/mol. The summed E-state index contributed by atoms with van der Waals surface area (Å²) >= 11 is 0. The molecule has 1 atom stereocenters. The normalized spacial score (nSPS) is 16.1. The van der Waals surface area contributed by atoms with Crippen LogP contribution in [0.2, 0.25) is 0 Å². The Bertz CT molecular complexity index is 1040. The number of cyclic esters (lactones) is 1. The number of hydrogen-bond donors (Lipinski definition) is 1. The van der Waals surface area contributed by atoms with Crippen LogP contribution < -0.4 is 10.6 Å². The van der Waals surface area contributed by atoms with Gasteiger partial charge in [-0.1, -0.05) is 0 Å². The van der Waals surface area contributed by atoms with Gasteiger partial charge in [0.25, 0.3) is 0 Å². The highest BCUT2D eigenvalue weighted by Gasteiger charge is 2.32. The molecule has 148 valence electrons. The average Bonchev–Trinajstić information content (AvgIpc) is 3.36. The van der Waals surface area contributed by atoms with Crippen molar-refractivity contribution in [3.8, 4) is 16.9 Å². The molecular formula is C20H18FN5O3. The Kier molecular flexibility index (Phi) is 4.94. The fourth-order valence-electron chi connectivity index (χ4n) is 3.18. The van der Waals surface area contributed by atoms with E-state index in [9.17, 15) is 14.0 Å². The number of pyridine rings is 1. The van der Waals surface area contributed by atoms with Crippen LogP contribution in [0, 0.1) is 5.82 Å². The summed E-state index contributed by atoms with van der Waals surface area (Å²) in [6, 6.07) is 8.08. The monoisotopic (exact) mass is 395 g/mol. The van der Waals surface area contributed by atoms with Crippen LogP contribution in [-0.2, 0) is 9.53 Å². The molecule has 1 aliphatic rings. The minimum atomic E-state index is -0.571. The topological polar surface area (TPSA) is 103 Å². The molecule has 3 aromatic rings. The first-order chi connectivity index (χ1) is 14.0. The van der Waals surface area contributed by atoms with Gasteiger partial charge in [-0.2, -0.15) is 0 Å². The number of aromatic nitrogens is 3. The van der Waals surface area contributed by atoms with Crippen molar-refractivity contribution in [1.29, 1.82) is 0 Å². The second-order valence-electron chi connectivity index (χ2n) is 6.66. The number of carbonyl (C=O) groups is 2. The first-order valence-electron chi connectivity index (χ1n) is 9.02. The van der Waals surface area contributed by atoms with Crippen LogP contribution in [-0.4, -0.2) is 39.2 Å². The molecule has 2 aromatic heterocycles. The highest BCUT2D eigenvalue weighted by molar-refractivity contribution is 5.90. The first-order valence-corrected chi connectivity index (χ1v) is 9.02. The van der Waals surface area contributed by atoms with E-state index in [1.54, 1.807) is 53.8 Å². The summed E-state index contributed by atoms with van der Waals surface area (Å²) in [6.07, 6.45) is 6.07. The molecule has 2 amide bonds. The van der Waals surface area contributed by atoms with Crippen molar-refractivity contribution in [2.45, 2.75) is 18.9 Å². The molecule has 1 aliphatic heterocycles. The van der Waals surface area contributed by atoms with Crippen LogP contribution in [0.5, 0.6) is 0 Å². The number of rotatable bonds is 6. The van der Waals surface area contributed by atoms with E-state index in [1.807, 2.05) is 0 Å². The smallest absolute Gasteiger partial charge is 0.414 e. The lowest BCUT2D eigenvalue weighted by atomic mass is 10.1. The molecule has 0 bridgehead atoms. The van der Waals surface area contributed by atoms with Crippen LogP contribution in [0.3, 0.4) is 0 Å². The maximum absolute atomic E-state index is 14.8. The summed E-state index contributed by atoms with van der Waals surface area (Å²) in [5.41, 5.74) is 6.50. The maximum atomic E-state index is 14.8. The number of anilines is 1. The summed E-state index contributed by atoms with van der Waals surface area (Å²) in [4.78, 5) is 32.6. The third kappa shape index (κ3) is 3.93. The lowest BCUT2D eigenvalue weighted by molar-refractivity contribution is -0.118. The zero-order valence-corrected chi connectivity index (χ0v) is 15.4. The molecule has 1 aromatic carbocycles. The van der Waals surface area contributed by atoms with E-state index >= 15 is 0 Å². The fourth-order valence-corrected chi connectivity index (χ4v) is 3.18. The van der Waals surface area contributed by atoms with Crippen LogP contribution in [0.25, 0.3) is 16.9 Å². The third-order valence-corrected chi connectivity index (χ3v) is 4.68. The number of amides is 2. The quantitative estimate of drug-likeness (QED) is 0.691. The molecule has 1 saturated heterocycles. The molecule has 0 spiro atoms. The second-order valence-corrected chi connectivity index (χ2v) is 6.66. The number of ether oxygens (including phenoxy) is 1. The zero-order chi connectivity index (χ0) is 20.4. The standard InChI is InChI=1S/C20H18FN5O3/c21-17-9-14(26-11-15(29-20(26)28)3-5-18(22)27)2-4-16(17)13-1-6-19(24-10-13)25-8-7-23-12-25/h1-2,4,6-10,12,15H,3,5,11H2,(H2,22,27)/t15-/m0/s1. The third-order valence-electron chi connectivity index (χ3n) is 4.68. The maximum Gasteiger partial charge on any atom is 0.414 e. The average molecular weight is 395 g/mol. The Hall–Kier alpha value is -3.75. The van der Waals surface area contributed by atoms with Crippen molar-refractivity contribution in [2.24, 2.45) is 5.73 Å². The van der Waals surface area contributed by atoms with E-state index in [0.717, 1.165) is 0 Å². The Morgan fingerprint density at radius 1 is 1.31 bits per heavy atom. The Morgan fingerprint density at radius 3 is 2.83 bits per heavy atom. The van der Waals surface area contributed by atoms with E-state index in [4.69, 9.17) is 10.5 Å². The number of primary amides is 1. The second kappa shape index (κ2) is 7.70. The molecule has 1 fully saturated rings. The number of nitrogens with zero attached hydrogens (tertiary/aromatic N) is 4. The van der Waals surface area contributed by atoms with Gasteiger partial charge in [0, 0.05) is 36.1 Å². The number of nitrogens with two attached hydrogens (primary N) is 1. The molecule has 8 nitrogen and oxygen atoms in total. The highest BCUT2D eigenvalue weighted by atomic mass is 19.1. The molecule has 4 rings (SSSR count). The van der Waals surface area contributed by atoms with Crippen LogP contribution in [0.1, 0.15) is 12.8 Å². The van der Waals surface area contributed by atoms with Gasteiger partial charge in [0.05, 0.1) is 12.2 Å². The van der Waals surface area contributed by atoms with E-state index in [1.165, 1.54) is 11.0 Å². The van der Waals surface area contributed by atoms with Crippen molar-refractivity contribution >= 4 is 17.7 Å². The molecule has 0 aliphatic carbocycles. The Morgan fingerprint density at radius 2 is 2.17 bits per heavy atom. The number of hydrogen-bond acceptors (Lipinski definition) is 5. The van der Waals surface area contributed by atoms with Crippen molar-refractivity contribution in [1.82, 2.24) is 14.5 Å². The van der Waals surface area contributed by atoms with Gasteiger partial charge in [0.15, 0.2) is 0 Å². The van der Waals surface area contributed by atoms with Crippen molar-refractivity contribution in [3.63, 3.8) is 0 Å². The minimum Gasteiger partial charge on any atom is -0.444 e. The fraction of sp³-hybridized carbons (Fsp3) is 0.200. The van der Waals surface area contributed by atoms with Crippen molar-refractivity contribution < 1.29 is 18.7 Å². The predicted molar refractivity (Wildman–Crippen MR) is 103 cm³/mol. The summed E-state index contributed by atoms with van der Waals surface area (Å²) in [5.74, 6) is -0.263. The Balaban J connectivity index is 1.51. The predicted octanol–water partition coefficient (Wildman–Crippen LogP) is 2.66. The number of imidazole rings is 1. The molecule has 3 heterocycles. The molecule has 0 saturated carbocycles. The molecule has 0 unspecified atom stereocenters. The summed E-state index contributed by atoms with van der Waals surface area (Å²) in [7, 11) is 0. The van der Waals surface area contributed by atoms with Gasteiger partial charge in [-0.25, -0.2) is 19.2 Å². The van der Waals surface area contributed by atoms with E-state index in [-0.39, 0.29) is 13.0 Å². The summed E-state index contributed by atoms with van der Waals surface area (Å²) in [6.45, 7) is 0.242. The zero-order valence-electron chi connectivity index (χ0n) is 15.4. The van der Waals surface area contributed by atoms with Gasteiger partial charge >= 0.3 is 6.09 Å². The minimum absolute atomic E-state index is 0.126. The van der Waals surface area contributed by atoms with Gasteiger partial charge < -0.3 is 10.5 Å². The van der Waals surface area contributed by atoms with Gasteiger partial charge in [-0.3, -0.25) is 14.3 Å². The van der Waals surface area contributed by atoms with E-state index < -0.39 is 23.9 Å². The molecule has 9 heteroatoms. The van der Waals surface area contributed by atoms with E-state index in [2.05, 4.69) is 9.97 Å². The van der Waals surface area contributed by atoms with Crippen LogP contribution in [0.4, 0.5) is 14.9 Å².